The smallest absolute Gasteiger partial charge is 0.0895 e. The molecule has 3 heteroatoms. The van der Waals surface area contributed by atoms with Crippen molar-refractivity contribution < 1.29 is 9.47 Å². The van der Waals surface area contributed by atoms with E-state index in [0.717, 1.165) is 19.5 Å². The van der Waals surface area contributed by atoms with Crippen LogP contribution in [0.3, 0.4) is 0 Å². The number of piperidine rings is 1. The maximum atomic E-state index is 6.33. The van der Waals surface area contributed by atoms with Gasteiger partial charge in [-0.3, -0.25) is 0 Å². The van der Waals surface area contributed by atoms with Gasteiger partial charge in [-0.25, -0.2) is 0 Å². The monoisotopic (exact) mass is 241 g/mol. The highest BCUT2D eigenvalue weighted by Crippen LogP contribution is 2.40. The molecule has 0 aromatic carbocycles. The third-order valence-corrected chi connectivity index (χ3v) is 4.09. The van der Waals surface area contributed by atoms with Crippen LogP contribution in [-0.4, -0.2) is 36.5 Å². The number of hydrogen-bond donors (Lipinski definition) is 1. The van der Waals surface area contributed by atoms with Crippen molar-refractivity contribution >= 4 is 0 Å². The van der Waals surface area contributed by atoms with Crippen LogP contribution >= 0.6 is 0 Å². The minimum absolute atomic E-state index is 0.0561. The first kappa shape index (κ1) is 13.3. The quantitative estimate of drug-likeness (QED) is 0.805. The van der Waals surface area contributed by atoms with E-state index in [9.17, 15) is 0 Å². The van der Waals surface area contributed by atoms with Crippen molar-refractivity contribution in [3.63, 3.8) is 0 Å². The summed E-state index contributed by atoms with van der Waals surface area (Å²) in [5, 5.41) is 3.42. The SMILES string of the molecule is CC1CCNCC1OC1CC(C)(C)OC1(C)C. The fourth-order valence-corrected chi connectivity index (χ4v) is 3.08. The lowest BCUT2D eigenvalue weighted by molar-refractivity contribution is -0.128. The third kappa shape index (κ3) is 3.01. The van der Waals surface area contributed by atoms with Crippen LogP contribution in [0.2, 0.25) is 0 Å². The lowest BCUT2D eigenvalue weighted by Gasteiger charge is -2.35. The molecule has 0 aromatic rings. The van der Waals surface area contributed by atoms with Gasteiger partial charge >= 0.3 is 0 Å². The molecule has 1 N–H and O–H groups in total. The molecule has 0 aromatic heterocycles. The molecule has 3 nitrogen and oxygen atoms in total. The molecule has 3 atom stereocenters. The number of hydrogen-bond acceptors (Lipinski definition) is 3. The molecule has 2 saturated heterocycles. The number of ether oxygens (including phenoxy) is 2. The van der Waals surface area contributed by atoms with Crippen LogP contribution in [0.5, 0.6) is 0 Å². The Balaban J connectivity index is 1.98. The predicted molar refractivity (Wildman–Crippen MR) is 69.2 cm³/mol. The molecule has 2 rings (SSSR count). The van der Waals surface area contributed by atoms with Gasteiger partial charge in [-0.05, 0) is 46.6 Å². The molecule has 2 heterocycles. The van der Waals surface area contributed by atoms with E-state index in [-0.39, 0.29) is 17.3 Å². The van der Waals surface area contributed by atoms with E-state index in [4.69, 9.17) is 9.47 Å². The largest absolute Gasteiger partial charge is 0.370 e. The van der Waals surface area contributed by atoms with Crippen molar-refractivity contribution in [2.75, 3.05) is 13.1 Å². The van der Waals surface area contributed by atoms with E-state index in [0.29, 0.717) is 12.0 Å². The van der Waals surface area contributed by atoms with Crippen molar-refractivity contribution in [2.45, 2.75) is 70.9 Å². The van der Waals surface area contributed by atoms with E-state index < -0.39 is 0 Å². The molecule has 0 saturated carbocycles. The van der Waals surface area contributed by atoms with Crippen LogP contribution in [0.15, 0.2) is 0 Å². The second kappa shape index (κ2) is 4.52. The maximum absolute atomic E-state index is 6.33. The number of rotatable bonds is 2. The Morgan fingerprint density at radius 2 is 1.94 bits per heavy atom. The molecule has 0 amide bonds. The molecular formula is C14H27NO2. The van der Waals surface area contributed by atoms with Crippen molar-refractivity contribution in [1.82, 2.24) is 5.32 Å². The molecular weight excluding hydrogens is 214 g/mol. The van der Waals surface area contributed by atoms with Gasteiger partial charge in [0.25, 0.3) is 0 Å². The van der Waals surface area contributed by atoms with Gasteiger partial charge in [-0.1, -0.05) is 6.92 Å². The molecule has 0 bridgehead atoms. The van der Waals surface area contributed by atoms with Gasteiger partial charge < -0.3 is 14.8 Å². The lowest BCUT2D eigenvalue weighted by atomic mass is 9.94. The molecule has 0 aliphatic carbocycles. The Morgan fingerprint density at radius 1 is 1.24 bits per heavy atom. The fraction of sp³-hybridized carbons (Fsp3) is 1.00. The molecule has 2 fully saturated rings. The van der Waals surface area contributed by atoms with Gasteiger partial charge in [0.1, 0.15) is 0 Å². The highest BCUT2D eigenvalue weighted by Gasteiger charge is 2.47. The van der Waals surface area contributed by atoms with Crippen LogP contribution in [-0.2, 0) is 9.47 Å². The van der Waals surface area contributed by atoms with Gasteiger partial charge in [-0.15, -0.1) is 0 Å². The summed E-state index contributed by atoms with van der Waals surface area (Å²) in [5.41, 5.74) is -0.222. The van der Waals surface area contributed by atoms with E-state index >= 15 is 0 Å². The van der Waals surface area contributed by atoms with Crippen molar-refractivity contribution in [3.8, 4) is 0 Å². The normalized spacial score (nSPS) is 40.4. The lowest BCUT2D eigenvalue weighted by Crippen LogP contribution is -2.46. The van der Waals surface area contributed by atoms with Crippen LogP contribution < -0.4 is 5.32 Å². The van der Waals surface area contributed by atoms with Crippen LogP contribution in [0.1, 0.15) is 47.5 Å². The van der Waals surface area contributed by atoms with E-state index in [1.54, 1.807) is 0 Å². The third-order valence-electron chi connectivity index (χ3n) is 4.09. The Kier molecular flexibility index (Phi) is 3.54. The molecule has 2 aliphatic rings. The van der Waals surface area contributed by atoms with Gasteiger partial charge in [-0.2, -0.15) is 0 Å². The van der Waals surface area contributed by atoms with Crippen molar-refractivity contribution in [1.29, 1.82) is 0 Å². The van der Waals surface area contributed by atoms with Crippen LogP contribution in [0.4, 0.5) is 0 Å². The minimum Gasteiger partial charge on any atom is -0.370 e. The molecule has 0 spiro atoms. The summed E-state index contributed by atoms with van der Waals surface area (Å²) in [7, 11) is 0. The summed E-state index contributed by atoms with van der Waals surface area (Å²) in [6.45, 7) is 13.0. The van der Waals surface area contributed by atoms with Gasteiger partial charge in [0.2, 0.25) is 0 Å². The molecule has 100 valence electrons. The highest BCUT2D eigenvalue weighted by molar-refractivity contribution is 4.96. The topological polar surface area (TPSA) is 30.5 Å². The summed E-state index contributed by atoms with van der Waals surface area (Å²) >= 11 is 0. The Morgan fingerprint density at radius 3 is 2.47 bits per heavy atom. The molecule has 2 aliphatic heterocycles. The van der Waals surface area contributed by atoms with Crippen LogP contribution in [0.25, 0.3) is 0 Å². The van der Waals surface area contributed by atoms with Crippen LogP contribution in [0, 0.1) is 5.92 Å². The average molecular weight is 241 g/mol. The summed E-state index contributed by atoms with van der Waals surface area (Å²) in [6, 6.07) is 0. The zero-order chi connectivity index (χ0) is 12.7. The Labute approximate surface area is 105 Å². The Bertz CT molecular complexity index is 275. The molecule has 3 unspecified atom stereocenters. The zero-order valence-corrected chi connectivity index (χ0v) is 11.9. The fourth-order valence-electron chi connectivity index (χ4n) is 3.08. The van der Waals surface area contributed by atoms with E-state index in [1.807, 2.05) is 0 Å². The van der Waals surface area contributed by atoms with E-state index in [2.05, 4.69) is 39.9 Å². The first-order valence-corrected chi connectivity index (χ1v) is 6.86. The first-order valence-electron chi connectivity index (χ1n) is 6.86. The summed E-state index contributed by atoms with van der Waals surface area (Å²) in [6.07, 6.45) is 2.75. The summed E-state index contributed by atoms with van der Waals surface area (Å²) < 4.78 is 12.4. The minimum atomic E-state index is -0.166. The maximum Gasteiger partial charge on any atom is 0.0895 e. The van der Waals surface area contributed by atoms with E-state index in [1.165, 1.54) is 6.42 Å². The second-order valence-electron chi connectivity index (χ2n) is 6.80. The first-order chi connectivity index (χ1) is 7.80. The van der Waals surface area contributed by atoms with Crippen molar-refractivity contribution in [2.24, 2.45) is 5.92 Å². The highest BCUT2D eigenvalue weighted by atomic mass is 16.6. The molecule has 0 radical (unpaired) electrons. The Hall–Kier alpha value is -0.120. The van der Waals surface area contributed by atoms with Gasteiger partial charge in [0, 0.05) is 13.0 Å². The molecule has 17 heavy (non-hydrogen) atoms. The second-order valence-corrected chi connectivity index (χ2v) is 6.80. The van der Waals surface area contributed by atoms with Crippen molar-refractivity contribution in [3.05, 3.63) is 0 Å². The standard InChI is InChI=1S/C14H27NO2/c1-10-6-7-15-9-11(10)16-12-8-13(2,3)17-14(12,4)5/h10-12,15H,6-9H2,1-5H3. The number of nitrogens with one attached hydrogen (secondary N) is 1. The average Bonchev–Trinajstić information content (AvgIpc) is 2.38. The van der Waals surface area contributed by atoms with Gasteiger partial charge in [0.05, 0.1) is 23.4 Å². The summed E-state index contributed by atoms with van der Waals surface area (Å²) in [4.78, 5) is 0. The van der Waals surface area contributed by atoms with Gasteiger partial charge in [0.15, 0.2) is 0 Å². The summed E-state index contributed by atoms with van der Waals surface area (Å²) in [5.74, 6) is 0.649. The zero-order valence-electron chi connectivity index (χ0n) is 11.9. The predicted octanol–water partition coefficient (Wildman–Crippen LogP) is 2.35.